The van der Waals surface area contributed by atoms with Gasteiger partial charge in [-0.15, -0.1) is 0 Å². The second kappa shape index (κ2) is 7.10. The van der Waals surface area contributed by atoms with Crippen molar-refractivity contribution >= 4 is 12.2 Å². The van der Waals surface area contributed by atoms with Gasteiger partial charge in [0.15, 0.2) is 0 Å². The third-order valence-corrected chi connectivity index (χ3v) is 5.51. The zero-order chi connectivity index (χ0) is 19.0. The van der Waals surface area contributed by atoms with Crippen molar-refractivity contribution in [1.29, 1.82) is 0 Å². The Morgan fingerprint density at radius 3 is 2.44 bits per heavy atom. The summed E-state index contributed by atoms with van der Waals surface area (Å²) in [6.07, 6.45) is 2.07. The zero-order valence-corrected chi connectivity index (χ0v) is 15.1. The fourth-order valence-electron chi connectivity index (χ4n) is 3.80. The molecule has 0 unspecified atom stereocenters. The van der Waals surface area contributed by atoms with E-state index in [1.807, 2.05) is 18.2 Å². The summed E-state index contributed by atoms with van der Waals surface area (Å²) in [5.41, 5.74) is 1.69. The van der Waals surface area contributed by atoms with Crippen LogP contribution in [0.3, 0.4) is 0 Å². The van der Waals surface area contributed by atoms with E-state index < -0.39 is 17.7 Å². The first kappa shape index (κ1) is 17.6. The van der Waals surface area contributed by atoms with Gasteiger partial charge in [0.2, 0.25) is 0 Å². The van der Waals surface area contributed by atoms with Crippen LogP contribution in [-0.2, 0) is 0 Å². The lowest BCUT2D eigenvalue weighted by atomic mass is 9.82. The first-order valence-electron chi connectivity index (χ1n) is 9.14. The number of halogens is 2. The SMILES string of the molecule is C[C@@H](c1ccccc1)C1CN(C(=O)N2N=CC[C@H]2c2cc(F)cc(F)c2)C1. The summed E-state index contributed by atoms with van der Waals surface area (Å²) < 4.78 is 27.1. The smallest absolute Gasteiger partial charge is 0.322 e. The van der Waals surface area contributed by atoms with E-state index in [-0.39, 0.29) is 6.03 Å². The second-order valence-electron chi connectivity index (χ2n) is 7.24. The summed E-state index contributed by atoms with van der Waals surface area (Å²) in [6.45, 7) is 3.49. The third-order valence-electron chi connectivity index (χ3n) is 5.51. The van der Waals surface area contributed by atoms with Crippen molar-refractivity contribution in [3.8, 4) is 0 Å². The van der Waals surface area contributed by atoms with Gasteiger partial charge >= 0.3 is 6.03 Å². The van der Waals surface area contributed by atoms with E-state index in [9.17, 15) is 13.6 Å². The molecule has 0 spiro atoms. The van der Waals surface area contributed by atoms with Gasteiger partial charge in [0.1, 0.15) is 11.6 Å². The van der Waals surface area contributed by atoms with E-state index >= 15 is 0 Å². The van der Waals surface area contributed by atoms with Crippen molar-refractivity contribution in [2.75, 3.05) is 13.1 Å². The van der Waals surface area contributed by atoms with Crippen molar-refractivity contribution in [1.82, 2.24) is 9.91 Å². The molecular weight excluding hydrogens is 348 g/mol. The second-order valence-corrected chi connectivity index (χ2v) is 7.24. The predicted octanol–water partition coefficient (Wildman–Crippen LogP) is 4.55. The lowest BCUT2D eigenvalue weighted by Crippen LogP contribution is -2.55. The summed E-state index contributed by atoms with van der Waals surface area (Å²) in [5, 5.41) is 5.50. The maximum atomic E-state index is 13.6. The Kier molecular flexibility index (Phi) is 4.64. The van der Waals surface area contributed by atoms with Crippen LogP contribution in [-0.4, -0.2) is 35.2 Å². The Balaban J connectivity index is 1.42. The number of carbonyl (C=O) groups is 1. The van der Waals surface area contributed by atoms with Crippen molar-refractivity contribution < 1.29 is 13.6 Å². The van der Waals surface area contributed by atoms with Crippen molar-refractivity contribution in [2.24, 2.45) is 11.0 Å². The maximum Gasteiger partial charge on any atom is 0.341 e. The molecule has 2 aliphatic heterocycles. The summed E-state index contributed by atoms with van der Waals surface area (Å²) in [5.74, 6) is -0.534. The molecule has 1 saturated heterocycles. The minimum absolute atomic E-state index is 0.213. The van der Waals surface area contributed by atoms with E-state index in [1.165, 1.54) is 22.7 Å². The topological polar surface area (TPSA) is 35.9 Å². The number of benzene rings is 2. The van der Waals surface area contributed by atoms with E-state index in [4.69, 9.17) is 0 Å². The van der Waals surface area contributed by atoms with Crippen molar-refractivity contribution in [3.63, 3.8) is 0 Å². The van der Waals surface area contributed by atoms with Crippen LogP contribution < -0.4 is 0 Å². The highest BCUT2D eigenvalue weighted by Gasteiger charge is 2.40. The van der Waals surface area contributed by atoms with Gasteiger partial charge in [-0.25, -0.2) is 18.6 Å². The molecule has 0 N–H and O–H groups in total. The standard InChI is InChI=1S/C21H21F2N3O/c1-14(15-5-3-2-4-6-15)17-12-25(13-17)21(27)26-20(7-8-24-26)16-9-18(22)11-19(23)10-16/h2-6,8-11,14,17,20H,7,12-13H2,1H3/t14-,20-/m0/s1. The van der Waals surface area contributed by atoms with Gasteiger partial charge in [-0.3, -0.25) is 0 Å². The first-order valence-corrected chi connectivity index (χ1v) is 9.14. The average Bonchev–Trinajstić information content (AvgIpc) is 3.10. The summed E-state index contributed by atoms with van der Waals surface area (Å²) >= 11 is 0. The highest BCUT2D eigenvalue weighted by atomic mass is 19.1. The lowest BCUT2D eigenvalue weighted by molar-refractivity contribution is 0.0745. The fourth-order valence-corrected chi connectivity index (χ4v) is 3.80. The third kappa shape index (κ3) is 3.44. The van der Waals surface area contributed by atoms with Crippen LogP contribution >= 0.6 is 0 Å². The number of hydrogen-bond donors (Lipinski definition) is 0. The van der Waals surface area contributed by atoms with Gasteiger partial charge in [0, 0.05) is 37.7 Å². The number of hydrazone groups is 1. The van der Waals surface area contributed by atoms with Crippen molar-refractivity contribution in [3.05, 3.63) is 71.3 Å². The van der Waals surface area contributed by atoms with Gasteiger partial charge in [0.05, 0.1) is 6.04 Å². The van der Waals surface area contributed by atoms with Crippen LogP contribution in [0.1, 0.15) is 36.4 Å². The molecule has 140 valence electrons. The largest absolute Gasteiger partial charge is 0.341 e. The fraction of sp³-hybridized carbons (Fsp3) is 0.333. The van der Waals surface area contributed by atoms with Gasteiger partial charge in [-0.05, 0) is 29.2 Å². The molecule has 0 saturated carbocycles. The van der Waals surface area contributed by atoms with Gasteiger partial charge in [0.25, 0.3) is 0 Å². The summed E-state index contributed by atoms with van der Waals surface area (Å²) in [4.78, 5) is 14.6. The van der Waals surface area contributed by atoms with Crippen LogP contribution in [0, 0.1) is 17.6 Å². The Morgan fingerprint density at radius 1 is 1.11 bits per heavy atom. The molecule has 2 atom stereocenters. The van der Waals surface area contributed by atoms with Crippen LogP contribution in [0.25, 0.3) is 0 Å². The van der Waals surface area contributed by atoms with E-state index in [2.05, 4.69) is 24.2 Å². The number of hydrogen-bond acceptors (Lipinski definition) is 2. The van der Waals surface area contributed by atoms with Crippen LogP contribution in [0.4, 0.5) is 13.6 Å². The van der Waals surface area contributed by atoms with Gasteiger partial charge in [-0.1, -0.05) is 37.3 Å². The number of rotatable bonds is 3. The van der Waals surface area contributed by atoms with E-state index in [1.54, 1.807) is 11.1 Å². The number of likely N-dealkylation sites (tertiary alicyclic amines) is 1. The molecule has 0 bridgehead atoms. The Labute approximate surface area is 157 Å². The molecule has 0 aromatic heterocycles. The summed E-state index contributed by atoms with van der Waals surface area (Å²) in [7, 11) is 0. The molecule has 0 radical (unpaired) electrons. The van der Waals surface area contributed by atoms with E-state index in [0.29, 0.717) is 36.9 Å². The number of urea groups is 1. The predicted molar refractivity (Wildman–Crippen MR) is 99.4 cm³/mol. The normalized spacial score (nSPS) is 20.6. The Morgan fingerprint density at radius 2 is 1.78 bits per heavy atom. The highest BCUT2D eigenvalue weighted by molar-refractivity contribution is 5.79. The van der Waals surface area contributed by atoms with Crippen LogP contribution in [0.15, 0.2) is 53.6 Å². The van der Waals surface area contributed by atoms with E-state index in [0.717, 1.165) is 6.07 Å². The van der Waals surface area contributed by atoms with Gasteiger partial charge < -0.3 is 4.90 Å². The molecule has 2 amide bonds. The minimum Gasteiger partial charge on any atom is -0.322 e. The molecule has 4 rings (SSSR count). The molecular formula is C21H21F2N3O. The molecule has 2 heterocycles. The molecule has 2 aliphatic rings. The molecule has 1 fully saturated rings. The van der Waals surface area contributed by atoms with Crippen molar-refractivity contribution in [2.45, 2.75) is 25.3 Å². The maximum absolute atomic E-state index is 13.6. The molecule has 27 heavy (non-hydrogen) atoms. The number of nitrogens with zero attached hydrogens (tertiary/aromatic N) is 3. The van der Waals surface area contributed by atoms with Gasteiger partial charge in [-0.2, -0.15) is 5.10 Å². The summed E-state index contributed by atoms with van der Waals surface area (Å²) in [6, 6.07) is 12.9. The zero-order valence-electron chi connectivity index (χ0n) is 15.1. The number of amides is 2. The quantitative estimate of drug-likeness (QED) is 0.782. The van der Waals surface area contributed by atoms with Crippen LogP contribution in [0.2, 0.25) is 0 Å². The minimum atomic E-state index is -0.648. The molecule has 4 nitrogen and oxygen atoms in total. The molecule has 0 aliphatic carbocycles. The Bertz CT molecular complexity index is 845. The Hall–Kier alpha value is -2.76. The first-order chi connectivity index (χ1) is 13.0. The highest BCUT2D eigenvalue weighted by Crippen LogP contribution is 2.35. The average molecular weight is 369 g/mol. The molecule has 2 aromatic carbocycles. The monoisotopic (exact) mass is 369 g/mol. The molecule has 6 heteroatoms. The molecule has 2 aromatic rings. The lowest BCUT2D eigenvalue weighted by Gasteiger charge is -2.44. The number of carbonyl (C=O) groups excluding carboxylic acids is 1. The van der Waals surface area contributed by atoms with Crippen LogP contribution in [0.5, 0.6) is 0 Å².